The van der Waals surface area contributed by atoms with Gasteiger partial charge in [0.05, 0.1) is 0 Å². The number of halogens is 1. The highest BCUT2D eigenvalue weighted by Gasteiger charge is 2.33. The number of nitrogens with one attached hydrogen (secondary N) is 2. The summed E-state index contributed by atoms with van der Waals surface area (Å²) < 4.78 is 5.25. The van der Waals surface area contributed by atoms with Crippen LogP contribution in [-0.2, 0) is 4.74 Å². The lowest BCUT2D eigenvalue weighted by molar-refractivity contribution is 0.138. The highest BCUT2D eigenvalue weighted by atomic mass is 127. The average molecular weight is 383 g/mol. The molecule has 114 valence electrons. The van der Waals surface area contributed by atoms with Gasteiger partial charge >= 0.3 is 0 Å². The van der Waals surface area contributed by atoms with Crippen LogP contribution in [0.15, 0.2) is 4.99 Å². The molecule has 1 rings (SSSR count). The van der Waals surface area contributed by atoms with Crippen LogP contribution in [-0.4, -0.2) is 39.8 Å². The van der Waals surface area contributed by atoms with Gasteiger partial charge in [0.2, 0.25) is 0 Å². The number of methoxy groups -OCH3 is 1. The Morgan fingerprint density at radius 1 is 1.26 bits per heavy atom. The molecule has 0 bridgehead atoms. The van der Waals surface area contributed by atoms with Crippen molar-refractivity contribution in [1.29, 1.82) is 0 Å². The molecule has 4 nitrogen and oxygen atoms in total. The fourth-order valence-corrected chi connectivity index (χ4v) is 2.69. The molecule has 2 N–H and O–H groups in total. The maximum absolute atomic E-state index is 5.25. The predicted molar refractivity (Wildman–Crippen MR) is 92.5 cm³/mol. The molecule has 0 radical (unpaired) electrons. The van der Waals surface area contributed by atoms with Gasteiger partial charge in [0, 0.05) is 33.9 Å². The van der Waals surface area contributed by atoms with Gasteiger partial charge in [0.1, 0.15) is 0 Å². The van der Waals surface area contributed by atoms with Crippen LogP contribution in [0.3, 0.4) is 0 Å². The third-order valence-corrected chi connectivity index (χ3v) is 3.90. The molecule has 5 heteroatoms. The second-order valence-corrected chi connectivity index (χ2v) is 5.30. The average Bonchev–Trinajstić information content (AvgIpc) is 2.86. The monoisotopic (exact) mass is 383 g/mol. The van der Waals surface area contributed by atoms with Crippen LogP contribution in [0.2, 0.25) is 0 Å². The fraction of sp³-hybridized carbons (Fsp3) is 0.929. The Bertz CT molecular complexity index is 253. The van der Waals surface area contributed by atoms with Crippen LogP contribution < -0.4 is 10.6 Å². The lowest BCUT2D eigenvalue weighted by atomic mass is 9.83. The number of hydrogen-bond donors (Lipinski definition) is 2. The Balaban J connectivity index is 0.00000324. The highest BCUT2D eigenvalue weighted by Crippen LogP contribution is 2.40. The summed E-state index contributed by atoms with van der Waals surface area (Å²) in [5.74, 6) is 0.931. The summed E-state index contributed by atoms with van der Waals surface area (Å²) in [4.78, 5) is 4.26. The summed E-state index contributed by atoms with van der Waals surface area (Å²) in [5.41, 5.74) is 0.417. The van der Waals surface area contributed by atoms with Gasteiger partial charge in [-0.1, -0.05) is 19.8 Å². The zero-order valence-corrected chi connectivity index (χ0v) is 15.0. The molecule has 1 saturated carbocycles. The molecule has 0 saturated heterocycles. The van der Waals surface area contributed by atoms with Gasteiger partial charge in [-0.05, 0) is 31.1 Å². The molecule has 0 aliphatic heterocycles. The third kappa shape index (κ3) is 6.79. The van der Waals surface area contributed by atoms with Crippen LogP contribution in [0, 0.1) is 5.41 Å². The van der Waals surface area contributed by atoms with E-state index in [0.717, 1.165) is 38.5 Å². The normalized spacial score (nSPS) is 17.9. The van der Waals surface area contributed by atoms with E-state index in [2.05, 4.69) is 22.5 Å². The zero-order chi connectivity index (χ0) is 13.3. The van der Waals surface area contributed by atoms with Crippen LogP contribution in [0.1, 0.15) is 45.4 Å². The van der Waals surface area contributed by atoms with Crippen molar-refractivity contribution in [2.45, 2.75) is 45.4 Å². The molecule has 0 aromatic heterocycles. The van der Waals surface area contributed by atoms with E-state index in [1.165, 1.54) is 25.7 Å². The minimum absolute atomic E-state index is 0. The molecular formula is C14H30IN3O. The molecule has 1 fully saturated rings. The standard InChI is InChI=1S/C14H29N3O.HI/c1-4-10-16-13(15-2)17-12-14(9-11-18-3)7-5-6-8-14;/h4-12H2,1-3H3,(H2,15,16,17);1H. The van der Waals surface area contributed by atoms with Crippen LogP contribution in [0.5, 0.6) is 0 Å². The van der Waals surface area contributed by atoms with Crippen molar-refractivity contribution < 1.29 is 4.74 Å². The number of hydrogen-bond acceptors (Lipinski definition) is 2. The lowest BCUT2D eigenvalue weighted by Crippen LogP contribution is -2.43. The second kappa shape index (κ2) is 10.7. The van der Waals surface area contributed by atoms with E-state index in [1.807, 2.05) is 7.05 Å². The number of aliphatic imine (C=N–C) groups is 1. The molecule has 0 aromatic rings. The first kappa shape index (κ1) is 19.0. The van der Waals surface area contributed by atoms with Gasteiger partial charge in [-0.15, -0.1) is 24.0 Å². The fourth-order valence-electron chi connectivity index (χ4n) is 2.69. The van der Waals surface area contributed by atoms with Crippen LogP contribution >= 0.6 is 24.0 Å². The Hall–Kier alpha value is -0.0400. The van der Waals surface area contributed by atoms with Gasteiger partial charge in [-0.3, -0.25) is 4.99 Å². The Morgan fingerprint density at radius 2 is 1.95 bits per heavy atom. The quantitative estimate of drug-likeness (QED) is 0.404. The SMILES string of the molecule is CCCNC(=NC)NCC1(CCOC)CCCC1.I. The maximum Gasteiger partial charge on any atom is 0.190 e. The largest absolute Gasteiger partial charge is 0.385 e. The van der Waals surface area contributed by atoms with Gasteiger partial charge in [0.25, 0.3) is 0 Å². The van der Waals surface area contributed by atoms with Gasteiger partial charge in [-0.2, -0.15) is 0 Å². The molecule has 0 atom stereocenters. The highest BCUT2D eigenvalue weighted by molar-refractivity contribution is 14.0. The summed E-state index contributed by atoms with van der Waals surface area (Å²) in [6.45, 7) is 5.02. The van der Waals surface area contributed by atoms with Gasteiger partial charge in [-0.25, -0.2) is 0 Å². The minimum atomic E-state index is 0. The Kier molecular flexibility index (Phi) is 10.7. The van der Waals surface area contributed by atoms with E-state index in [9.17, 15) is 0 Å². The summed E-state index contributed by atoms with van der Waals surface area (Å²) in [6, 6.07) is 0. The molecule has 19 heavy (non-hydrogen) atoms. The van der Waals surface area contributed by atoms with E-state index in [-0.39, 0.29) is 24.0 Å². The van der Waals surface area contributed by atoms with Crippen LogP contribution in [0.25, 0.3) is 0 Å². The third-order valence-electron chi connectivity index (χ3n) is 3.90. The maximum atomic E-state index is 5.25. The van der Waals surface area contributed by atoms with Crippen molar-refractivity contribution in [3.63, 3.8) is 0 Å². The summed E-state index contributed by atoms with van der Waals surface area (Å²) in [6.07, 6.45) is 7.61. The number of rotatable bonds is 7. The summed E-state index contributed by atoms with van der Waals surface area (Å²) in [5, 5.41) is 6.80. The van der Waals surface area contributed by atoms with Gasteiger partial charge in [0.15, 0.2) is 5.96 Å². The van der Waals surface area contributed by atoms with Crippen LogP contribution in [0.4, 0.5) is 0 Å². The first-order chi connectivity index (χ1) is 8.76. The van der Waals surface area contributed by atoms with Gasteiger partial charge < -0.3 is 15.4 Å². The molecule has 1 aliphatic rings. The van der Waals surface area contributed by atoms with E-state index in [1.54, 1.807) is 7.11 Å². The zero-order valence-electron chi connectivity index (χ0n) is 12.6. The van der Waals surface area contributed by atoms with E-state index >= 15 is 0 Å². The lowest BCUT2D eigenvalue weighted by Gasteiger charge is -2.29. The molecule has 0 heterocycles. The molecule has 1 aliphatic carbocycles. The number of guanidine groups is 1. The predicted octanol–water partition coefficient (Wildman–Crippen LogP) is 2.78. The van der Waals surface area contributed by atoms with E-state index in [0.29, 0.717) is 5.41 Å². The molecule has 0 amide bonds. The summed E-state index contributed by atoms with van der Waals surface area (Å²) >= 11 is 0. The number of ether oxygens (including phenoxy) is 1. The molecular weight excluding hydrogens is 353 g/mol. The van der Waals surface area contributed by atoms with Crippen molar-refractivity contribution in [3.05, 3.63) is 0 Å². The summed E-state index contributed by atoms with van der Waals surface area (Å²) in [7, 11) is 3.62. The Labute approximate surface area is 135 Å². The molecule has 0 aromatic carbocycles. The number of nitrogens with zero attached hydrogens (tertiary/aromatic N) is 1. The Morgan fingerprint density at radius 3 is 2.47 bits per heavy atom. The smallest absolute Gasteiger partial charge is 0.190 e. The molecule has 0 unspecified atom stereocenters. The van der Waals surface area contributed by atoms with Crippen molar-refractivity contribution >= 4 is 29.9 Å². The van der Waals surface area contributed by atoms with Crippen molar-refractivity contribution in [3.8, 4) is 0 Å². The minimum Gasteiger partial charge on any atom is -0.385 e. The topological polar surface area (TPSA) is 45.7 Å². The molecule has 0 spiro atoms. The van der Waals surface area contributed by atoms with Crippen molar-refractivity contribution in [1.82, 2.24) is 10.6 Å². The first-order valence-electron chi connectivity index (χ1n) is 7.20. The van der Waals surface area contributed by atoms with E-state index < -0.39 is 0 Å². The van der Waals surface area contributed by atoms with E-state index in [4.69, 9.17) is 4.74 Å². The van der Waals surface area contributed by atoms with Crippen molar-refractivity contribution in [2.24, 2.45) is 10.4 Å². The van der Waals surface area contributed by atoms with Crippen molar-refractivity contribution in [2.75, 3.05) is 33.9 Å². The second-order valence-electron chi connectivity index (χ2n) is 5.30. The first-order valence-corrected chi connectivity index (χ1v) is 7.20.